The first-order valence-electron chi connectivity index (χ1n) is 12.1. The van der Waals surface area contributed by atoms with Gasteiger partial charge in [-0.3, -0.25) is 4.72 Å². The van der Waals surface area contributed by atoms with Crippen molar-refractivity contribution in [3.05, 3.63) is 54.2 Å². The van der Waals surface area contributed by atoms with Crippen molar-refractivity contribution in [3.63, 3.8) is 0 Å². The number of hydrogen-bond acceptors (Lipinski definition) is 6. The summed E-state index contributed by atoms with van der Waals surface area (Å²) in [5, 5.41) is 0.0561. The Morgan fingerprint density at radius 3 is 2.37 bits per heavy atom. The molecule has 1 aliphatic heterocycles. The fourth-order valence-corrected chi connectivity index (χ4v) is 6.63. The topological polar surface area (TPSA) is 72.8 Å². The van der Waals surface area contributed by atoms with Gasteiger partial charge in [-0.15, -0.1) is 4.94 Å². The molecule has 38 heavy (non-hydrogen) atoms. The average molecular weight is 570 g/mol. The number of halogens is 3. The van der Waals surface area contributed by atoms with E-state index < -0.39 is 28.1 Å². The average Bonchev–Trinajstić information content (AvgIpc) is 3.22. The van der Waals surface area contributed by atoms with E-state index in [9.17, 15) is 22.3 Å². The van der Waals surface area contributed by atoms with Crippen molar-refractivity contribution >= 4 is 39.7 Å². The summed E-state index contributed by atoms with van der Waals surface area (Å²) in [6.45, 7) is 6.41. The predicted molar refractivity (Wildman–Crippen MR) is 140 cm³/mol. The molecule has 0 spiro atoms. The lowest BCUT2D eigenvalue weighted by Gasteiger charge is -2.33. The standard InChI is InChI=1S/C26H30F3N3O4S2/c1-25(2,3)35-24(33)32-14-12-17(13-15-32)30-37-20-16-31(4)23-21(38(34)18-8-6-5-7-9-18)11-10-19(22(20)23)26(27,28)36-29/h5-11,16-17,30H,12-15H2,1-4H3. The summed E-state index contributed by atoms with van der Waals surface area (Å²) in [7, 11) is 0.00344. The van der Waals surface area contributed by atoms with Gasteiger partial charge in [0.05, 0.1) is 26.8 Å². The SMILES string of the molecule is Cn1cc(SNC2CCN(C(=O)OC(C)(C)C)CC2)c2c(C(F)(F)OF)ccc(S(=O)c3ccccc3)c21. The first kappa shape index (κ1) is 28.5. The number of benzene rings is 2. The monoisotopic (exact) mass is 569 g/mol. The Morgan fingerprint density at radius 2 is 1.76 bits per heavy atom. The Morgan fingerprint density at radius 1 is 1.11 bits per heavy atom. The largest absolute Gasteiger partial charge is 0.444 e. The van der Waals surface area contributed by atoms with E-state index >= 15 is 0 Å². The highest BCUT2D eigenvalue weighted by molar-refractivity contribution is 7.97. The van der Waals surface area contributed by atoms with Crippen molar-refractivity contribution in [3.8, 4) is 0 Å². The molecule has 1 atom stereocenters. The molecule has 1 unspecified atom stereocenters. The van der Waals surface area contributed by atoms with Crippen LogP contribution in [-0.2, 0) is 33.6 Å². The lowest BCUT2D eigenvalue weighted by Crippen LogP contribution is -2.45. The van der Waals surface area contributed by atoms with Crippen LogP contribution in [-0.4, -0.2) is 44.5 Å². The number of nitrogens with zero attached hydrogens (tertiary/aromatic N) is 2. The van der Waals surface area contributed by atoms with Gasteiger partial charge in [-0.25, -0.2) is 9.00 Å². The number of carbonyl (C=O) groups is 1. The number of nitrogens with one attached hydrogen (secondary N) is 1. The summed E-state index contributed by atoms with van der Waals surface area (Å²) in [5.74, 6) is 0. The summed E-state index contributed by atoms with van der Waals surface area (Å²) >= 11 is 1.14. The van der Waals surface area contributed by atoms with Crippen molar-refractivity contribution in [2.24, 2.45) is 7.05 Å². The number of alkyl halides is 2. The maximum Gasteiger partial charge on any atom is 0.413 e. The Labute approximate surface area is 226 Å². The quantitative estimate of drug-likeness (QED) is 0.337. The Balaban J connectivity index is 1.59. The highest BCUT2D eigenvalue weighted by Gasteiger charge is 2.39. The highest BCUT2D eigenvalue weighted by Crippen LogP contribution is 2.42. The van der Waals surface area contributed by atoms with Crippen LogP contribution in [0.1, 0.15) is 39.2 Å². The van der Waals surface area contributed by atoms with Crippen molar-refractivity contribution in [2.75, 3.05) is 13.1 Å². The molecule has 206 valence electrons. The second-order valence-electron chi connectivity index (χ2n) is 10.1. The van der Waals surface area contributed by atoms with E-state index in [-0.39, 0.29) is 17.5 Å². The molecule has 0 aliphatic carbocycles. The number of aromatic nitrogens is 1. The number of carbonyl (C=O) groups excluding carboxylic acids is 1. The molecule has 0 saturated carbocycles. The maximum atomic E-state index is 14.5. The third-order valence-electron chi connectivity index (χ3n) is 6.10. The van der Waals surface area contributed by atoms with Crippen LogP contribution in [0, 0.1) is 0 Å². The van der Waals surface area contributed by atoms with E-state index in [1.165, 1.54) is 6.07 Å². The smallest absolute Gasteiger partial charge is 0.413 e. The summed E-state index contributed by atoms with van der Waals surface area (Å²) in [4.78, 5) is 18.3. The number of fused-ring (bicyclic) bond motifs is 1. The van der Waals surface area contributed by atoms with Crippen LogP contribution in [0.25, 0.3) is 10.9 Å². The van der Waals surface area contributed by atoms with Crippen LogP contribution in [0.2, 0.25) is 0 Å². The van der Waals surface area contributed by atoms with E-state index in [1.54, 1.807) is 53.0 Å². The molecule has 1 aromatic heterocycles. The molecule has 0 radical (unpaired) electrons. The fraction of sp³-hybridized carbons (Fsp3) is 0.423. The number of ether oxygens (including phenoxy) is 1. The number of hydrogen-bond donors (Lipinski definition) is 1. The predicted octanol–water partition coefficient (Wildman–Crippen LogP) is 6.29. The van der Waals surface area contributed by atoms with Gasteiger partial charge in [0, 0.05) is 47.6 Å². The minimum atomic E-state index is -4.19. The van der Waals surface area contributed by atoms with Gasteiger partial charge in [0.25, 0.3) is 0 Å². The van der Waals surface area contributed by atoms with E-state index in [1.807, 2.05) is 20.8 Å². The molecular formula is C26H30F3N3O4S2. The molecule has 7 nitrogen and oxygen atoms in total. The molecule has 1 N–H and O–H groups in total. The van der Waals surface area contributed by atoms with Gasteiger partial charge in [-0.05, 0) is 74.4 Å². The van der Waals surface area contributed by atoms with Crippen LogP contribution in [0.5, 0.6) is 0 Å². The molecule has 1 saturated heterocycles. The minimum absolute atomic E-state index is 0.00281. The number of amides is 1. The molecule has 1 fully saturated rings. The molecule has 0 bridgehead atoms. The summed E-state index contributed by atoms with van der Waals surface area (Å²) in [6, 6.07) is 11.0. The van der Waals surface area contributed by atoms with Crippen LogP contribution in [0.3, 0.4) is 0 Å². The number of likely N-dealkylation sites (tertiary alicyclic amines) is 1. The van der Waals surface area contributed by atoms with Gasteiger partial charge in [-0.2, -0.15) is 8.78 Å². The number of piperidine rings is 1. The van der Waals surface area contributed by atoms with Gasteiger partial charge in [0.15, 0.2) is 0 Å². The van der Waals surface area contributed by atoms with Crippen molar-refractivity contribution in [2.45, 2.75) is 66.1 Å². The zero-order chi connectivity index (χ0) is 27.7. The molecular weight excluding hydrogens is 539 g/mol. The summed E-state index contributed by atoms with van der Waals surface area (Å²) < 4.78 is 65.7. The lowest BCUT2D eigenvalue weighted by atomic mass is 10.1. The third-order valence-corrected chi connectivity index (χ3v) is 8.51. The van der Waals surface area contributed by atoms with E-state index in [4.69, 9.17) is 4.74 Å². The van der Waals surface area contributed by atoms with E-state index in [0.717, 1.165) is 18.0 Å². The molecule has 12 heteroatoms. The zero-order valence-corrected chi connectivity index (χ0v) is 23.1. The number of rotatable bonds is 7. The molecule has 3 aromatic rings. The second-order valence-corrected chi connectivity index (χ2v) is 12.4. The highest BCUT2D eigenvalue weighted by atomic mass is 32.2. The summed E-state index contributed by atoms with van der Waals surface area (Å²) in [5.41, 5.74) is -0.943. The van der Waals surface area contributed by atoms with Crippen molar-refractivity contribution < 1.29 is 32.0 Å². The molecule has 2 aromatic carbocycles. The normalized spacial score (nSPS) is 16.1. The van der Waals surface area contributed by atoms with Crippen LogP contribution in [0.4, 0.5) is 18.1 Å². The van der Waals surface area contributed by atoms with Gasteiger partial charge in [0.2, 0.25) is 0 Å². The van der Waals surface area contributed by atoms with Crippen LogP contribution < -0.4 is 4.72 Å². The Kier molecular flexibility index (Phi) is 8.46. The maximum absolute atomic E-state index is 14.5. The third kappa shape index (κ3) is 6.19. The van der Waals surface area contributed by atoms with E-state index in [0.29, 0.717) is 46.1 Å². The van der Waals surface area contributed by atoms with E-state index in [2.05, 4.69) is 9.66 Å². The Hall–Kier alpha value is -2.54. The van der Waals surface area contributed by atoms with Gasteiger partial charge in [0.1, 0.15) is 5.60 Å². The van der Waals surface area contributed by atoms with Gasteiger partial charge in [-0.1, -0.05) is 18.2 Å². The van der Waals surface area contributed by atoms with Gasteiger partial charge >= 0.3 is 12.2 Å². The van der Waals surface area contributed by atoms with Crippen LogP contribution in [0.15, 0.2) is 63.3 Å². The first-order chi connectivity index (χ1) is 17.9. The zero-order valence-electron chi connectivity index (χ0n) is 21.5. The molecule has 4 rings (SSSR count). The van der Waals surface area contributed by atoms with Gasteiger partial charge < -0.3 is 14.2 Å². The first-order valence-corrected chi connectivity index (χ1v) is 14.0. The minimum Gasteiger partial charge on any atom is -0.444 e. The van der Waals surface area contributed by atoms with Crippen molar-refractivity contribution in [1.29, 1.82) is 0 Å². The fourth-order valence-electron chi connectivity index (χ4n) is 4.31. The molecule has 1 aliphatic rings. The molecule has 1 amide bonds. The van der Waals surface area contributed by atoms with Crippen molar-refractivity contribution in [1.82, 2.24) is 14.2 Å². The lowest BCUT2D eigenvalue weighted by molar-refractivity contribution is -0.363. The summed E-state index contributed by atoms with van der Waals surface area (Å²) in [6.07, 6.45) is -1.65. The Bertz CT molecular complexity index is 1320. The molecule has 2 heterocycles. The second kappa shape index (κ2) is 11.3. The number of aryl methyl sites for hydroxylation is 1. The van der Waals surface area contributed by atoms with Crippen LogP contribution >= 0.6 is 11.9 Å².